The van der Waals surface area contributed by atoms with Crippen LogP contribution in [0.3, 0.4) is 0 Å². The molecule has 0 aliphatic heterocycles. The Hall–Kier alpha value is -2.49. The zero-order valence-electron chi connectivity index (χ0n) is 11.0. The lowest BCUT2D eigenvalue weighted by molar-refractivity contribution is 0.414. The molecule has 1 unspecified atom stereocenters. The van der Waals surface area contributed by atoms with Crippen LogP contribution in [0.15, 0.2) is 39.6 Å². The van der Waals surface area contributed by atoms with Gasteiger partial charge in [0.05, 0.1) is 5.56 Å². The fourth-order valence-corrected chi connectivity index (χ4v) is 2.33. The maximum absolute atomic E-state index is 12.2. The van der Waals surface area contributed by atoms with Crippen LogP contribution in [0, 0.1) is 5.92 Å². The van der Waals surface area contributed by atoms with Crippen molar-refractivity contribution in [3.8, 4) is 22.8 Å². The topological polar surface area (TPSA) is 70.7 Å². The Balaban J connectivity index is 2.21. The predicted molar refractivity (Wildman–Crippen MR) is 75.6 cm³/mol. The molecule has 1 aromatic carbocycles. The number of hydrogen-bond donors (Lipinski definition) is 2. The Morgan fingerprint density at radius 3 is 2.60 bits per heavy atom. The molecule has 102 valence electrons. The van der Waals surface area contributed by atoms with Crippen molar-refractivity contribution >= 4 is 6.08 Å². The van der Waals surface area contributed by atoms with Gasteiger partial charge >= 0.3 is 0 Å². The van der Waals surface area contributed by atoms with Crippen molar-refractivity contribution in [1.29, 1.82) is 0 Å². The number of fused-ring (bicyclic) bond motifs is 1. The first-order valence-electron chi connectivity index (χ1n) is 6.43. The van der Waals surface area contributed by atoms with Crippen LogP contribution in [-0.2, 0) is 6.42 Å². The third-order valence-corrected chi connectivity index (χ3v) is 3.43. The van der Waals surface area contributed by atoms with Crippen molar-refractivity contribution in [2.24, 2.45) is 5.92 Å². The summed E-state index contributed by atoms with van der Waals surface area (Å²) in [5, 5.41) is 19.3. The quantitative estimate of drug-likeness (QED) is 0.835. The predicted octanol–water partition coefficient (Wildman–Crippen LogP) is 2.92. The van der Waals surface area contributed by atoms with Gasteiger partial charge in [-0.25, -0.2) is 0 Å². The van der Waals surface area contributed by atoms with E-state index in [0.717, 1.165) is 0 Å². The summed E-state index contributed by atoms with van der Waals surface area (Å²) in [5.74, 6) is 0.753. The molecule has 0 amide bonds. The fourth-order valence-electron chi connectivity index (χ4n) is 2.33. The van der Waals surface area contributed by atoms with E-state index in [-0.39, 0.29) is 11.5 Å². The molecule has 4 heteroatoms. The average Bonchev–Trinajstić information content (AvgIpc) is 2.44. The molecule has 1 heterocycles. The Labute approximate surface area is 115 Å². The van der Waals surface area contributed by atoms with Crippen LogP contribution in [0.5, 0.6) is 11.5 Å². The number of allylic oxidation sites excluding steroid dienone is 1. The van der Waals surface area contributed by atoms with Gasteiger partial charge in [0.25, 0.3) is 0 Å². The van der Waals surface area contributed by atoms with Crippen molar-refractivity contribution in [2.45, 2.75) is 13.3 Å². The molecule has 1 aliphatic carbocycles. The van der Waals surface area contributed by atoms with E-state index in [0.29, 0.717) is 29.2 Å². The molecule has 0 bridgehead atoms. The molecule has 0 saturated carbocycles. The highest BCUT2D eigenvalue weighted by Crippen LogP contribution is 2.32. The van der Waals surface area contributed by atoms with Crippen LogP contribution < -0.4 is 5.43 Å². The van der Waals surface area contributed by atoms with Gasteiger partial charge in [-0.3, -0.25) is 4.79 Å². The van der Waals surface area contributed by atoms with E-state index in [9.17, 15) is 15.0 Å². The summed E-state index contributed by atoms with van der Waals surface area (Å²) in [4.78, 5) is 12.2. The number of phenols is 1. The number of benzene rings is 1. The highest BCUT2D eigenvalue weighted by atomic mass is 16.4. The van der Waals surface area contributed by atoms with Crippen LogP contribution in [0.25, 0.3) is 17.4 Å². The van der Waals surface area contributed by atoms with Gasteiger partial charge in [-0.1, -0.05) is 19.1 Å². The lowest BCUT2D eigenvalue weighted by Crippen LogP contribution is -2.14. The van der Waals surface area contributed by atoms with E-state index < -0.39 is 11.2 Å². The third-order valence-electron chi connectivity index (χ3n) is 3.43. The van der Waals surface area contributed by atoms with Crippen molar-refractivity contribution in [3.05, 3.63) is 51.9 Å². The van der Waals surface area contributed by atoms with Gasteiger partial charge in [-0.15, -0.1) is 0 Å². The van der Waals surface area contributed by atoms with Crippen molar-refractivity contribution < 1.29 is 14.6 Å². The summed E-state index contributed by atoms with van der Waals surface area (Å²) in [7, 11) is 0. The summed E-state index contributed by atoms with van der Waals surface area (Å²) in [6, 6.07) is 6.16. The number of aromatic hydroxyl groups is 2. The highest BCUT2D eigenvalue weighted by molar-refractivity contribution is 5.68. The number of hydrogen-bond acceptors (Lipinski definition) is 4. The first-order valence-corrected chi connectivity index (χ1v) is 6.43. The molecule has 0 fully saturated rings. The summed E-state index contributed by atoms with van der Waals surface area (Å²) >= 11 is 0. The molecule has 3 rings (SSSR count). The van der Waals surface area contributed by atoms with Gasteiger partial charge in [-0.05, 0) is 30.2 Å². The minimum atomic E-state index is -0.419. The van der Waals surface area contributed by atoms with E-state index in [1.54, 1.807) is 18.2 Å². The summed E-state index contributed by atoms with van der Waals surface area (Å²) in [6.07, 6.45) is 4.26. The van der Waals surface area contributed by atoms with Gasteiger partial charge in [0, 0.05) is 12.0 Å². The molecule has 1 aromatic heterocycles. The molecule has 4 nitrogen and oxygen atoms in total. The Kier molecular flexibility index (Phi) is 2.86. The van der Waals surface area contributed by atoms with Crippen molar-refractivity contribution in [3.63, 3.8) is 0 Å². The SMILES string of the molecule is CC1C=Cc2c(oc(-c3ccc(O)cc3)c(O)c2=O)C1. The largest absolute Gasteiger partial charge is 0.508 e. The molecule has 1 atom stereocenters. The monoisotopic (exact) mass is 270 g/mol. The minimum absolute atomic E-state index is 0.116. The molecular formula is C16H14O4. The standard InChI is InChI=1S/C16H14O4/c1-9-2-7-12-13(8-9)20-16(15(19)14(12)18)10-3-5-11(17)6-4-10/h2-7,9,17,19H,8H2,1H3. The van der Waals surface area contributed by atoms with Gasteiger partial charge < -0.3 is 14.6 Å². The van der Waals surface area contributed by atoms with Gasteiger partial charge in [-0.2, -0.15) is 0 Å². The maximum atomic E-state index is 12.2. The lowest BCUT2D eigenvalue weighted by Gasteiger charge is -2.16. The second-order valence-corrected chi connectivity index (χ2v) is 5.03. The van der Waals surface area contributed by atoms with E-state index in [1.807, 2.05) is 13.0 Å². The van der Waals surface area contributed by atoms with E-state index >= 15 is 0 Å². The zero-order valence-corrected chi connectivity index (χ0v) is 11.0. The molecule has 2 aromatic rings. The number of rotatable bonds is 1. The average molecular weight is 270 g/mol. The summed E-state index contributed by atoms with van der Waals surface area (Å²) < 4.78 is 5.72. The van der Waals surface area contributed by atoms with Gasteiger partial charge in [0.2, 0.25) is 11.2 Å². The zero-order chi connectivity index (χ0) is 14.3. The van der Waals surface area contributed by atoms with Crippen LogP contribution in [-0.4, -0.2) is 10.2 Å². The molecule has 20 heavy (non-hydrogen) atoms. The maximum Gasteiger partial charge on any atom is 0.234 e. The third kappa shape index (κ3) is 1.99. The second-order valence-electron chi connectivity index (χ2n) is 5.03. The van der Waals surface area contributed by atoms with E-state index in [1.165, 1.54) is 12.1 Å². The van der Waals surface area contributed by atoms with E-state index in [2.05, 4.69) is 0 Å². The highest BCUT2D eigenvalue weighted by Gasteiger charge is 2.21. The molecular weight excluding hydrogens is 256 g/mol. The summed E-state index contributed by atoms with van der Waals surface area (Å²) in [5.41, 5.74) is 0.558. The molecule has 0 spiro atoms. The first kappa shape index (κ1) is 12.5. The Morgan fingerprint density at radius 2 is 1.90 bits per heavy atom. The second kappa shape index (κ2) is 4.56. The van der Waals surface area contributed by atoms with Crippen LogP contribution in [0.4, 0.5) is 0 Å². The van der Waals surface area contributed by atoms with E-state index in [4.69, 9.17) is 4.42 Å². The Bertz CT molecular complexity index is 738. The van der Waals surface area contributed by atoms with Crippen LogP contribution >= 0.6 is 0 Å². The molecule has 0 radical (unpaired) electrons. The van der Waals surface area contributed by atoms with Gasteiger partial charge in [0.1, 0.15) is 11.5 Å². The van der Waals surface area contributed by atoms with Crippen LogP contribution in [0.1, 0.15) is 18.2 Å². The molecule has 2 N–H and O–H groups in total. The summed E-state index contributed by atoms with van der Waals surface area (Å²) in [6.45, 7) is 2.03. The minimum Gasteiger partial charge on any atom is -0.508 e. The number of phenolic OH excluding ortho intramolecular Hbond substituents is 1. The van der Waals surface area contributed by atoms with Crippen molar-refractivity contribution in [1.82, 2.24) is 0 Å². The fraction of sp³-hybridized carbons (Fsp3) is 0.188. The lowest BCUT2D eigenvalue weighted by atomic mass is 9.95. The Morgan fingerprint density at radius 1 is 1.20 bits per heavy atom. The molecule has 1 aliphatic rings. The smallest absolute Gasteiger partial charge is 0.234 e. The van der Waals surface area contributed by atoms with Crippen LogP contribution in [0.2, 0.25) is 0 Å². The normalized spacial score (nSPS) is 16.9. The van der Waals surface area contributed by atoms with Crippen molar-refractivity contribution in [2.75, 3.05) is 0 Å². The first-order chi connectivity index (χ1) is 9.56. The molecule has 0 saturated heterocycles. The van der Waals surface area contributed by atoms with Gasteiger partial charge in [0.15, 0.2) is 5.76 Å².